The first-order valence-electron chi connectivity index (χ1n) is 15.4. The highest BCUT2D eigenvalue weighted by atomic mass is 16.6. The van der Waals surface area contributed by atoms with E-state index in [4.69, 9.17) is 4.74 Å². The number of amides is 3. The molecule has 0 aromatic heterocycles. The van der Waals surface area contributed by atoms with Gasteiger partial charge in [0, 0.05) is 23.2 Å². The van der Waals surface area contributed by atoms with Crippen LogP contribution in [0.25, 0.3) is 0 Å². The Bertz CT molecular complexity index is 1730. The Balaban J connectivity index is 1.33. The highest BCUT2D eigenvalue weighted by Gasteiger charge is 2.72. The van der Waals surface area contributed by atoms with E-state index in [2.05, 4.69) is 17.0 Å². The molecule has 4 aromatic rings. The van der Waals surface area contributed by atoms with E-state index in [1.807, 2.05) is 103 Å². The van der Waals surface area contributed by atoms with Crippen molar-refractivity contribution in [3.63, 3.8) is 0 Å². The van der Waals surface area contributed by atoms with Crippen molar-refractivity contribution in [1.29, 1.82) is 0 Å². The minimum absolute atomic E-state index is 0.0368. The van der Waals surface area contributed by atoms with Crippen molar-refractivity contribution in [3.05, 3.63) is 132 Å². The standard InChI is InChI=1S/C37H33N3O4/c41-34(40-28(24-44-36(40)43)23-25-13-4-1-5-14-25)33-32(26-15-6-2-7-16-26)31-21-12-22-38(31)37(33)29-19-10-11-20-30(29)39(35(37)42)27-17-8-3-9-18-27/h1-11,13-20,28,31-33H,12,21-24H2/t28-,31+,32+,33+,37-/m0/s1. The number of anilines is 2. The molecule has 3 fully saturated rings. The highest BCUT2D eigenvalue weighted by molar-refractivity contribution is 6.16. The van der Waals surface area contributed by atoms with Gasteiger partial charge in [0.25, 0.3) is 5.91 Å². The number of imide groups is 1. The van der Waals surface area contributed by atoms with Crippen LogP contribution >= 0.6 is 0 Å². The lowest BCUT2D eigenvalue weighted by Gasteiger charge is -2.39. The summed E-state index contributed by atoms with van der Waals surface area (Å²) in [7, 11) is 0. The molecule has 44 heavy (non-hydrogen) atoms. The van der Waals surface area contributed by atoms with Crippen molar-refractivity contribution in [1.82, 2.24) is 9.80 Å². The number of carbonyl (C=O) groups is 3. The Morgan fingerprint density at radius 3 is 2.23 bits per heavy atom. The molecule has 7 heteroatoms. The molecule has 8 rings (SSSR count). The number of carbonyl (C=O) groups excluding carboxylic acids is 3. The number of para-hydroxylation sites is 2. The quantitative estimate of drug-likeness (QED) is 0.287. The fraction of sp³-hybridized carbons (Fsp3) is 0.270. The van der Waals surface area contributed by atoms with Gasteiger partial charge < -0.3 is 4.74 Å². The number of hydrogen-bond donors (Lipinski definition) is 0. The maximum atomic E-state index is 15.3. The van der Waals surface area contributed by atoms with Crippen LogP contribution < -0.4 is 4.90 Å². The first-order chi connectivity index (χ1) is 21.6. The third-order valence-electron chi connectivity index (χ3n) is 10.0. The van der Waals surface area contributed by atoms with E-state index in [-0.39, 0.29) is 30.4 Å². The van der Waals surface area contributed by atoms with Gasteiger partial charge in [-0.15, -0.1) is 0 Å². The van der Waals surface area contributed by atoms with Gasteiger partial charge in [0.1, 0.15) is 12.1 Å². The molecule has 0 saturated carbocycles. The summed E-state index contributed by atoms with van der Waals surface area (Å²) in [6, 6.07) is 36.9. The molecule has 0 bridgehead atoms. The Morgan fingerprint density at radius 2 is 1.48 bits per heavy atom. The van der Waals surface area contributed by atoms with Crippen LogP contribution in [0.2, 0.25) is 0 Å². The Morgan fingerprint density at radius 1 is 0.818 bits per heavy atom. The zero-order valence-corrected chi connectivity index (χ0v) is 24.3. The number of cyclic esters (lactones) is 1. The number of nitrogens with zero attached hydrogens (tertiary/aromatic N) is 3. The zero-order chi connectivity index (χ0) is 29.8. The van der Waals surface area contributed by atoms with Gasteiger partial charge in [-0.05, 0) is 55.1 Å². The first kappa shape index (κ1) is 26.8. The van der Waals surface area contributed by atoms with E-state index in [1.54, 1.807) is 4.90 Å². The van der Waals surface area contributed by atoms with Gasteiger partial charge in [0.2, 0.25) is 5.91 Å². The molecule has 4 aromatic carbocycles. The highest BCUT2D eigenvalue weighted by Crippen LogP contribution is 2.63. The average molecular weight is 584 g/mol. The van der Waals surface area contributed by atoms with Crippen LogP contribution in [0.5, 0.6) is 0 Å². The van der Waals surface area contributed by atoms with Crippen LogP contribution in [0.1, 0.15) is 35.4 Å². The predicted molar refractivity (Wildman–Crippen MR) is 166 cm³/mol. The number of hydrogen-bond acceptors (Lipinski definition) is 5. The van der Waals surface area contributed by atoms with E-state index < -0.39 is 23.6 Å². The molecular weight excluding hydrogens is 550 g/mol. The number of rotatable bonds is 5. The minimum Gasteiger partial charge on any atom is -0.447 e. The summed E-state index contributed by atoms with van der Waals surface area (Å²) in [5.41, 5.74) is 3.12. The van der Waals surface area contributed by atoms with E-state index >= 15 is 9.59 Å². The van der Waals surface area contributed by atoms with Gasteiger partial charge in [-0.1, -0.05) is 97.1 Å². The van der Waals surface area contributed by atoms with Gasteiger partial charge in [-0.2, -0.15) is 0 Å². The van der Waals surface area contributed by atoms with Gasteiger partial charge in [-0.3, -0.25) is 19.4 Å². The lowest BCUT2D eigenvalue weighted by atomic mass is 9.71. The molecule has 3 saturated heterocycles. The van der Waals surface area contributed by atoms with E-state index in [0.29, 0.717) is 13.0 Å². The molecule has 3 amide bonds. The SMILES string of the molecule is O=C1OC[C@H](Cc2ccccc2)N1C(=O)[C@H]1[C@H](c2ccccc2)[C@H]2CCCN2[C@]12C(=O)N(c1ccccc1)c1ccccc12. The van der Waals surface area contributed by atoms with E-state index in [9.17, 15) is 4.79 Å². The summed E-state index contributed by atoms with van der Waals surface area (Å²) in [6.07, 6.45) is 1.65. The second kappa shape index (κ2) is 10.5. The molecule has 1 spiro atoms. The summed E-state index contributed by atoms with van der Waals surface area (Å²) in [6.45, 7) is 0.821. The normalized spacial score (nSPS) is 27.5. The molecule has 0 unspecified atom stereocenters. The lowest BCUT2D eigenvalue weighted by Crippen LogP contribution is -2.57. The first-order valence-corrected chi connectivity index (χ1v) is 15.4. The molecule has 0 N–H and O–H groups in total. The van der Waals surface area contributed by atoms with Crippen molar-refractivity contribution >= 4 is 29.3 Å². The number of fused-ring (bicyclic) bond motifs is 4. The van der Waals surface area contributed by atoms with Crippen LogP contribution in [-0.2, 0) is 26.3 Å². The molecule has 0 aliphatic carbocycles. The van der Waals surface area contributed by atoms with Crippen LogP contribution in [0.15, 0.2) is 115 Å². The summed E-state index contributed by atoms with van der Waals surface area (Å²) < 4.78 is 5.56. The third-order valence-corrected chi connectivity index (χ3v) is 10.0. The van der Waals surface area contributed by atoms with Crippen molar-refractivity contribution < 1.29 is 19.1 Å². The maximum Gasteiger partial charge on any atom is 0.416 e. The van der Waals surface area contributed by atoms with E-state index in [0.717, 1.165) is 40.9 Å². The van der Waals surface area contributed by atoms with Gasteiger partial charge in [-0.25, -0.2) is 9.69 Å². The molecule has 4 aliphatic heterocycles. The summed E-state index contributed by atoms with van der Waals surface area (Å²) in [5, 5.41) is 0. The lowest BCUT2D eigenvalue weighted by molar-refractivity contribution is -0.144. The molecule has 5 atom stereocenters. The van der Waals surface area contributed by atoms with Gasteiger partial charge in [0.05, 0.1) is 17.6 Å². The van der Waals surface area contributed by atoms with Crippen LogP contribution in [0.4, 0.5) is 16.2 Å². The molecule has 220 valence electrons. The molecule has 4 aliphatic rings. The summed E-state index contributed by atoms with van der Waals surface area (Å²) in [5.74, 6) is -1.60. The Hall–Kier alpha value is -4.75. The molecule has 4 heterocycles. The van der Waals surface area contributed by atoms with E-state index in [1.165, 1.54) is 4.90 Å². The number of ether oxygens (including phenoxy) is 1. The summed E-state index contributed by atoms with van der Waals surface area (Å²) in [4.78, 5) is 49.4. The van der Waals surface area contributed by atoms with Gasteiger partial charge >= 0.3 is 6.09 Å². The topological polar surface area (TPSA) is 70.2 Å². The van der Waals surface area contributed by atoms with Crippen molar-refractivity contribution in [2.45, 2.75) is 42.8 Å². The predicted octanol–water partition coefficient (Wildman–Crippen LogP) is 6.03. The van der Waals surface area contributed by atoms with Crippen molar-refractivity contribution in [3.8, 4) is 0 Å². The monoisotopic (exact) mass is 583 g/mol. The van der Waals surface area contributed by atoms with Crippen LogP contribution in [0.3, 0.4) is 0 Å². The Kier molecular flexibility index (Phi) is 6.38. The van der Waals surface area contributed by atoms with Crippen LogP contribution in [-0.4, -0.2) is 52.9 Å². The number of benzene rings is 4. The Labute approximate surface area is 256 Å². The smallest absolute Gasteiger partial charge is 0.416 e. The average Bonchev–Trinajstić information content (AvgIpc) is 3.81. The third kappa shape index (κ3) is 3.82. The molecule has 0 radical (unpaired) electrons. The second-order valence-electron chi connectivity index (χ2n) is 12.2. The summed E-state index contributed by atoms with van der Waals surface area (Å²) >= 11 is 0. The maximum absolute atomic E-state index is 15.3. The molecule has 7 nitrogen and oxygen atoms in total. The molecular formula is C37H33N3O4. The van der Waals surface area contributed by atoms with Gasteiger partial charge in [0.15, 0.2) is 0 Å². The zero-order valence-electron chi connectivity index (χ0n) is 24.3. The second-order valence-corrected chi connectivity index (χ2v) is 12.2. The fourth-order valence-corrected chi connectivity index (χ4v) is 8.40. The fourth-order valence-electron chi connectivity index (χ4n) is 8.40. The van der Waals surface area contributed by atoms with Crippen molar-refractivity contribution in [2.24, 2.45) is 5.92 Å². The van der Waals surface area contributed by atoms with Crippen LogP contribution in [0, 0.1) is 5.92 Å². The van der Waals surface area contributed by atoms with Crippen molar-refractivity contribution in [2.75, 3.05) is 18.1 Å². The minimum atomic E-state index is -1.27. The largest absolute Gasteiger partial charge is 0.447 e.